The Labute approximate surface area is 235 Å². The van der Waals surface area contributed by atoms with Crippen molar-refractivity contribution in [1.82, 2.24) is 9.97 Å². The van der Waals surface area contributed by atoms with Gasteiger partial charge in [-0.05, 0) is 55.8 Å². The minimum Gasteiger partial charge on any atom is -0.491 e. The highest BCUT2D eigenvalue weighted by molar-refractivity contribution is 6.30. The number of nitriles is 2. The van der Waals surface area contributed by atoms with E-state index < -0.39 is 5.79 Å². The zero-order chi connectivity index (χ0) is 28.3. The molecule has 2 aromatic heterocycles. The van der Waals surface area contributed by atoms with Gasteiger partial charge in [0.15, 0.2) is 5.79 Å². The summed E-state index contributed by atoms with van der Waals surface area (Å²) >= 11 is 5.95. The van der Waals surface area contributed by atoms with E-state index in [1.807, 2.05) is 13.8 Å². The van der Waals surface area contributed by atoms with Gasteiger partial charge >= 0.3 is 0 Å². The Balaban J connectivity index is 1.35. The summed E-state index contributed by atoms with van der Waals surface area (Å²) in [4.78, 5) is 8.60. The summed E-state index contributed by atoms with van der Waals surface area (Å²) in [6.45, 7) is 4.42. The Morgan fingerprint density at radius 3 is 2.35 bits per heavy atom. The first-order chi connectivity index (χ1) is 19.3. The number of pyridine rings is 1. The molecule has 5 rings (SSSR count). The molecule has 40 heavy (non-hydrogen) atoms. The first-order valence-corrected chi connectivity index (χ1v) is 12.7. The quantitative estimate of drug-likeness (QED) is 0.294. The van der Waals surface area contributed by atoms with Crippen LogP contribution in [0, 0.1) is 22.7 Å². The first kappa shape index (κ1) is 27.0. The third kappa shape index (κ3) is 5.85. The topological polar surface area (TPSA) is 149 Å². The standard InChI is InChI=1S/C29H24ClN5O5/c1-29(2)39-16-22(40-29)15-36-21-9-5-17(6-10-21)25-23(11-31)26(33)35-28(24(25)12-32)38-14-20-13-37-27(34-20)18-3-7-19(30)8-4-18/h3-10,13,22H,14-16H2,1-2H3,(H2,33,35)/t22-/m0/s1. The van der Waals surface area contributed by atoms with Gasteiger partial charge in [-0.15, -0.1) is 0 Å². The Hall–Kier alpha value is -4.61. The van der Waals surface area contributed by atoms with Gasteiger partial charge in [0.2, 0.25) is 11.8 Å². The Kier molecular flexibility index (Phi) is 7.58. The van der Waals surface area contributed by atoms with Crippen molar-refractivity contribution in [2.75, 3.05) is 18.9 Å². The van der Waals surface area contributed by atoms with E-state index >= 15 is 0 Å². The Morgan fingerprint density at radius 1 is 1.00 bits per heavy atom. The van der Waals surface area contributed by atoms with E-state index in [-0.39, 0.29) is 35.5 Å². The van der Waals surface area contributed by atoms with E-state index in [1.165, 1.54) is 6.26 Å². The van der Waals surface area contributed by atoms with Crippen LogP contribution >= 0.6 is 11.6 Å². The van der Waals surface area contributed by atoms with Crippen LogP contribution in [0.5, 0.6) is 11.6 Å². The van der Waals surface area contributed by atoms with Crippen LogP contribution in [-0.4, -0.2) is 35.1 Å². The number of halogens is 1. The maximum Gasteiger partial charge on any atom is 0.234 e. The number of hydrogen-bond acceptors (Lipinski definition) is 10. The highest BCUT2D eigenvalue weighted by atomic mass is 35.5. The number of nitrogens with two attached hydrogens (primary N) is 1. The fourth-order valence-electron chi connectivity index (χ4n) is 4.18. The summed E-state index contributed by atoms with van der Waals surface area (Å²) in [5.74, 6) is 0.269. The molecule has 0 spiro atoms. The zero-order valence-corrected chi connectivity index (χ0v) is 22.4. The summed E-state index contributed by atoms with van der Waals surface area (Å²) in [5.41, 5.74) is 8.36. The number of hydrogen-bond donors (Lipinski definition) is 1. The highest BCUT2D eigenvalue weighted by Gasteiger charge is 2.33. The maximum absolute atomic E-state index is 10.0. The second-order valence-electron chi connectivity index (χ2n) is 9.38. The lowest BCUT2D eigenvalue weighted by molar-refractivity contribution is -0.141. The van der Waals surface area contributed by atoms with Crippen LogP contribution in [-0.2, 0) is 16.1 Å². The molecule has 1 saturated heterocycles. The summed E-state index contributed by atoms with van der Waals surface area (Å²) in [6.07, 6.45) is 1.27. The average molecular weight is 558 g/mol. The summed E-state index contributed by atoms with van der Waals surface area (Å²) in [5, 5.41) is 20.4. The van der Waals surface area contributed by atoms with Crippen molar-refractivity contribution < 1.29 is 23.4 Å². The molecule has 3 heterocycles. The third-order valence-corrected chi connectivity index (χ3v) is 6.31. The smallest absolute Gasteiger partial charge is 0.234 e. The normalized spacial score (nSPS) is 15.8. The number of nitrogen functional groups attached to an aromatic ring is 1. The molecule has 10 nitrogen and oxygen atoms in total. The number of benzene rings is 2. The van der Waals surface area contributed by atoms with Crippen molar-refractivity contribution in [2.24, 2.45) is 0 Å². The van der Waals surface area contributed by atoms with Crippen molar-refractivity contribution >= 4 is 17.4 Å². The van der Waals surface area contributed by atoms with Gasteiger partial charge < -0.3 is 29.1 Å². The van der Waals surface area contributed by atoms with E-state index in [2.05, 4.69) is 22.1 Å². The number of anilines is 1. The minimum atomic E-state index is -0.632. The van der Waals surface area contributed by atoms with Crippen molar-refractivity contribution in [1.29, 1.82) is 10.5 Å². The van der Waals surface area contributed by atoms with Gasteiger partial charge in [-0.25, -0.2) is 4.98 Å². The number of nitrogens with zero attached hydrogens (tertiary/aromatic N) is 4. The van der Waals surface area contributed by atoms with Crippen molar-refractivity contribution in [2.45, 2.75) is 32.3 Å². The van der Waals surface area contributed by atoms with E-state index in [1.54, 1.807) is 48.5 Å². The van der Waals surface area contributed by atoms with Gasteiger partial charge in [-0.1, -0.05) is 23.7 Å². The zero-order valence-electron chi connectivity index (χ0n) is 21.7. The van der Waals surface area contributed by atoms with Gasteiger partial charge in [0, 0.05) is 16.1 Å². The van der Waals surface area contributed by atoms with Gasteiger partial charge in [0.25, 0.3) is 0 Å². The van der Waals surface area contributed by atoms with Gasteiger partial charge in [0.05, 0.1) is 6.61 Å². The fraction of sp³-hybridized carbons (Fsp3) is 0.241. The second kappa shape index (κ2) is 11.2. The molecule has 0 radical (unpaired) electrons. The average Bonchev–Trinajstić information content (AvgIpc) is 3.56. The molecule has 1 aliphatic rings. The molecular formula is C29H24ClN5O5. The van der Waals surface area contributed by atoms with E-state index in [0.29, 0.717) is 46.7 Å². The molecule has 2 N–H and O–H groups in total. The molecule has 2 aromatic carbocycles. The summed E-state index contributed by atoms with van der Waals surface area (Å²) in [6, 6.07) is 18.2. The lowest BCUT2D eigenvalue weighted by atomic mass is 9.96. The van der Waals surface area contributed by atoms with Crippen LogP contribution in [0.4, 0.5) is 5.82 Å². The Morgan fingerprint density at radius 2 is 1.70 bits per heavy atom. The second-order valence-corrected chi connectivity index (χ2v) is 9.81. The predicted molar refractivity (Wildman–Crippen MR) is 145 cm³/mol. The van der Waals surface area contributed by atoms with Crippen molar-refractivity contribution in [3.8, 4) is 46.3 Å². The molecule has 4 aromatic rings. The monoisotopic (exact) mass is 557 g/mol. The third-order valence-electron chi connectivity index (χ3n) is 6.06. The predicted octanol–water partition coefficient (Wildman–Crippen LogP) is 5.49. The number of ether oxygens (including phenoxy) is 4. The van der Waals surface area contributed by atoms with Crippen LogP contribution in [0.2, 0.25) is 5.02 Å². The molecule has 11 heteroatoms. The number of aromatic nitrogens is 2. The van der Waals surface area contributed by atoms with Crippen LogP contribution in [0.25, 0.3) is 22.6 Å². The fourth-order valence-corrected chi connectivity index (χ4v) is 4.31. The van der Waals surface area contributed by atoms with Crippen LogP contribution in [0.1, 0.15) is 30.7 Å². The SMILES string of the molecule is CC1(C)OC[C@H](COc2ccc(-c3c(C#N)c(N)nc(OCc4coc(-c5ccc(Cl)cc5)n4)c3C#N)cc2)O1. The largest absolute Gasteiger partial charge is 0.491 e. The molecule has 0 aliphatic carbocycles. The molecule has 1 fully saturated rings. The molecule has 202 valence electrons. The van der Waals surface area contributed by atoms with E-state index in [0.717, 1.165) is 5.56 Å². The van der Waals surface area contributed by atoms with Crippen molar-refractivity contribution in [3.63, 3.8) is 0 Å². The summed E-state index contributed by atoms with van der Waals surface area (Å²) < 4.78 is 28.6. The molecule has 1 atom stereocenters. The summed E-state index contributed by atoms with van der Waals surface area (Å²) in [7, 11) is 0. The lowest BCUT2D eigenvalue weighted by Crippen LogP contribution is -2.25. The van der Waals surface area contributed by atoms with Gasteiger partial charge in [-0.2, -0.15) is 15.5 Å². The molecule has 0 bridgehead atoms. The van der Waals surface area contributed by atoms with Crippen molar-refractivity contribution in [3.05, 3.63) is 76.6 Å². The number of rotatable bonds is 8. The van der Waals surface area contributed by atoms with Crippen LogP contribution in [0.3, 0.4) is 0 Å². The lowest BCUT2D eigenvalue weighted by Gasteiger charge is -2.17. The molecule has 0 amide bonds. The van der Waals surface area contributed by atoms with Gasteiger partial charge in [0.1, 0.15) is 66.1 Å². The van der Waals surface area contributed by atoms with Gasteiger partial charge in [-0.3, -0.25) is 0 Å². The molecule has 1 aliphatic heterocycles. The van der Waals surface area contributed by atoms with E-state index in [9.17, 15) is 10.5 Å². The number of oxazole rings is 1. The van der Waals surface area contributed by atoms with E-state index in [4.69, 9.17) is 40.7 Å². The first-order valence-electron chi connectivity index (χ1n) is 12.3. The molecule has 0 saturated carbocycles. The van der Waals surface area contributed by atoms with Crippen LogP contribution in [0.15, 0.2) is 59.2 Å². The molecular weight excluding hydrogens is 534 g/mol. The highest BCUT2D eigenvalue weighted by Crippen LogP contribution is 2.36. The van der Waals surface area contributed by atoms with Crippen LogP contribution < -0.4 is 15.2 Å². The Bertz CT molecular complexity index is 1600. The molecule has 0 unspecified atom stereocenters. The minimum absolute atomic E-state index is 0.0219. The maximum atomic E-state index is 10.0.